The fraction of sp³-hybridized carbons (Fsp3) is 0.600. The van der Waals surface area contributed by atoms with Gasteiger partial charge in [0, 0.05) is 19.6 Å². The smallest absolute Gasteiger partial charge is 0.161 e. The van der Waals surface area contributed by atoms with E-state index in [0.717, 1.165) is 38.4 Å². The van der Waals surface area contributed by atoms with Crippen LogP contribution >= 0.6 is 0 Å². The summed E-state index contributed by atoms with van der Waals surface area (Å²) in [5.41, 5.74) is 6.63. The zero-order valence-corrected chi connectivity index (χ0v) is 12.5. The predicted molar refractivity (Wildman–Crippen MR) is 79.8 cm³/mol. The Morgan fingerprint density at radius 1 is 1.33 bits per heavy atom. The van der Waals surface area contributed by atoms with Gasteiger partial charge >= 0.3 is 0 Å². The van der Waals surface area contributed by atoms with Gasteiger partial charge < -0.3 is 25.1 Å². The average molecular weight is 296 g/mol. The predicted octanol–water partition coefficient (Wildman–Crippen LogP) is 0.398. The molecule has 1 fully saturated rings. The number of nitrogens with two attached hydrogens (primary N) is 1. The van der Waals surface area contributed by atoms with Gasteiger partial charge in [0.15, 0.2) is 11.5 Å². The molecule has 0 saturated carbocycles. The Kier molecular flexibility index (Phi) is 6.25. The Hall–Kier alpha value is -1.34. The minimum absolute atomic E-state index is 0.0968. The van der Waals surface area contributed by atoms with Crippen LogP contribution in [0.3, 0.4) is 0 Å². The van der Waals surface area contributed by atoms with E-state index in [2.05, 4.69) is 4.90 Å². The summed E-state index contributed by atoms with van der Waals surface area (Å²) in [4.78, 5) is 2.31. The third-order valence-corrected chi connectivity index (χ3v) is 3.58. The number of hydrogen-bond acceptors (Lipinski definition) is 6. The van der Waals surface area contributed by atoms with E-state index in [4.69, 9.17) is 25.1 Å². The summed E-state index contributed by atoms with van der Waals surface area (Å²) in [5.74, 6) is 1.33. The van der Waals surface area contributed by atoms with Crippen LogP contribution in [-0.2, 0) is 4.74 Å². The van der Waals surface area contributed by atoms with E-state index in [1.54, 1.807) is 7.11 Å². The van der Waals surface area contributed by atoms with Crippen LogP contribution in [0.5, 0.6) is 11.5 Å². The van der Waals surface area contributed by atoms with Crippen molar-refractivity contribution < 1.29 is 19.3 Å². The third kappa shape index (κ3) is 4.57. The van der Waals surface area contributed by atoms with Gasteiger partial charge in [-0.2, -0.15) is 0 Å². The number of nitrogens with zero attached hydrogens (tertiary/aromatic N) is 1. The second-order valence-electron chi connectivity index (χ2n) is 5.00. The van der Waals surface area contributed by atoms with Crippen LogP contribution in [0.25, 0.3) is 0 Å². The molecule has 1 aromatic carbocycles. The van der Waals surface area contributed by atoms with E-state index < -0.39 is 6.04 Å². The average Bonchev–Trinajstić information content (AvgIpc) is 2.55. The lowest BCUT2D eigenvalue weighted by Crippen LogP contribution is -2.38. The lowest BCUT2D eigenvalue weighted by molar-refractivity contribution is 0.0321. The molecule has 1 aromatic rings. The van der Waals surface area contributed by atoms with Crippen LogP contribution in [0.15, 0.2) is 18.2 Å². The summed E-state index contributed by atoms with van der Waals surface area (Å²) in [6.07, 6.45) is 0. The lowest BCUT2D eigenvalue weighted by Gasteiger charge is -2.26. The minimum atomic E-state index is -0.402. The molecule has 0 amide bonds. The van der Waals surface area contributed by atoms with Crippen molar-refractivity contribution in [1.82, 2.24) is 4.90 Å². The Balaban J connectivity index is 1.89. The second kappa shape index (κ2) is 8.19. The molecule has 3 N–H and O–H groups in total. The molecule has 1 aliphatic heterocycles. The third-order valence-electron chi connectivity index (χ3n) is 3.58. The fourth-order valence-electron chi connectivity index (χ4n) is 2.25. The van der Waals surface area contributed by atoms with E-state index in [0.29, 0.717) is 18.1 Å². The van der Waals surface area contributed by atoms with Gasteiger partial charge in [0.2, 0.25) is 0 Å². The Morgan fingerprint density at radius 2 is 2.10 bits per heavy atom. The van der Waals surface area contributed by atoms with Gasteiger partial charge in [0.25, 0.3) is 0 Å². The van der Waals surface area contributed by atoms with Gasteiger partial charge in [-0.1, -0.05) is 6.07 Å². The van der Waals surface area contributed by atoms with Crippen LogP contribution in [0.2, 0.25) is 0 Å². The summed E-state index contributed by atoms with van der Waals surface area (Å²) < 4.78 is 16.4. The lowest BCUT2D eigenvalue weighted by atomic mass is 10.1. The second-order valence-corrected chi connectivity index (χ2v) is 5.00. The van der Waals surface area contributed by atoms with Crippen molar-refractivity contribution >= 4 is 0 Å². The van der Waals surface area contributed by atoms with Crippen molar-refractivity contribution in [2.75, 3.05) is 53.2 Å². The largest absolute Gasteiger partial charge is 0.493 e. The maximum absolute atomic E-state index is 9.09. The first-order valence-electron chi connectivity index (χ1n) is 7.22. The Morgan fingerprint density at radius 3 is 2.76 bits per heavy atom. The van der Waals surface area contributed by atoms with Crippen LogP contribution in [0.4, 0.5) is 0 Å². The molecule has 1 atom stereocenters. The summed E-state index contributed by atoms with van der Waals surface area (Å²) >= 11 is 0. The molecule has 0 aliphatic carbocycles. The molecule has 6 nitrogen and oxygen atoms in total. The molecule has 1 aliphatic rings. The monoisotopic (exact) mass is 296 g/mol. The Labute approximate surface area is 125 Å². The van der Waals surface area contributed by atoms with Gasteiger partial charge in [0.05, 0.1) is 33.0 Å². The molecule has 2 rings (SSSR count). The number of aliphatic hydroxyl groups excluding tert-OH is 1. The van der Waals surface area contributed by atoms with Crippen molar-refractivity contribution in [3.8, 4) is 11.5 Å². The summed E-state index contributed by atoms with van der Waals surface area (Å²) in [6, 6.07) is 5.10. The van der Waals surface area contributed by atoms with E-state index in [1.807, 2.05) is 18.2 Å². The summed E-state index contributed by atoms with van der Waals surface area (Å²) in [5, 5.41) is 9.09. The molecule has 118 valence electrons. The zero-order valence-electron chi connectivity index (χ0n) is 12.5. The van der Waals surface area contributed by atoms with Crippen LogP contribution in [-0.4, -0.2) is 63.2 Å². The number of morpholine rings is 1. The topological polar surface area (TPSA) is 77.2 Å². The van der Waals surface area contributed by atoms with Crippen LogP contribution in [0.1, 0.15) is 11.6 Å². The van der Waals surface area contributed by atoms with Crippen molar-refractivity contribution in [3.05, 3.63) is 23.8 Å². The fourth-order valence-corrected chi connectivity index (χ4v) is 2.25. The van der Waals surface area contributed by atoms with E-state index in [-0.39, 0.29) is 6.61 Å². The normalized spacial score (nSPS) is 17.5. The van der Waals surface area contributed by atoms with Gasteiger partial charge in [-0.05, 0) is 17.7 Å². The molecule has 0 spiro atoms. The van der Waals surface area contributed by atoms with Crippen molar-refractivity contribution in [1.29, 1.82) is 0 Å². The number of benzene rings is 1. The highest BCUT2D eigenvalue weighted by Crippen LogP contribution is 2.29. The Bertz CT molecular complexity index is 436. The molecule has 0 aromatic heterocycles. The molecule has 0 bridgehead atoms. The van der Waals surface area contributed by atoms with Gasteiger partial charge in [-0.15, -0.1) is 0 Å². The van der Waals surface area contributed by atoms with E-state index >= 15 is 0 Å². The SMILES string of the molecule is COc1cc([C@H](N)CO)ccc1OCCN1CCOCC1. The molecule has 0 radical (unpaired) electrons. The molecule has 0 unspecified atom stereocenters. The highest BCUT2D eigenvalue weighted by molar-refractivity contribution is 5.43. The molecular formula is C15H24N2O4. The van der Waals surface area contributed by atoms with Crippen LogP contribution < -0.4 is 15.2 Å². The first kappa shape index (κ1) is 16.0. The van der Waals surface area contributed by atoms with E-state index in [9.17, 15) is 0 Å². The zero-order chi connectivity index (χ0) is 15.1. The molecule has 6 heteroatoms. The standard InChI is InChI=1S/C15H24N2O4/c1-19-15-10-12(13(16)11-18)2-3-14(15)21-9-6-17-4-7-20-8-5-17/h2-3,10,13,18H,4-9,11,16H2,1H3/t13-/m1/s1. The summed E-state index contributed by atoms with van der Waals surface area (Å²) in [7, 11) is 1.60. The van der Waals surface area contributed by atoms with E-state index in [1.165, 1.54) is 0 Å². The number of methoxy groups -OCH3 is 1. The highest BCUT2D eigenvalue weighted by atomic mass is 16.5. The number of aliphatic hydroxyl groups is 1. The minimum Gasteiger partial charge on any atom is -0.493 e. The maximum Gasteiger partial charge on any atom is 0.161 e. The maximum atomic E-state index is 9.09. The first-order valence-corrected chi connectivity index (χ1v) is 7.22. The first-order chi connectivity index (χ1) is 10.2. The van der Waals surface area contributed by atoms with Gasteiger partial charge in [0.1, 0.15) is 6.61 Å². The van der Waals surface area contributed by atoms with Crippen LogP contribution in [0, 0.1) is 0 Å². The highest BCUT2D eigenvalue weighted by Gasteiger charge is 2.12. The number of rotatable bonds is 7. The number of ether oxygens (including phenoxy) is 3. The van der Waals surface area contributed by atoms with Crippen molar-refractivity contribution in [3.63, 3.8) is 0 Å². The molecule has 21 heavy (non-hydrogen) atoms. The number of hydrogen-bond donors (Lipinski definition) is 2. The summed E-state index contributed by atoms with van der Waals surface area (Å²) in [6.45, 7) is 4.84. The van der Waals surface area contributed by atoms with Crippen molar-refractivity contribution in [2.45, 2.75) is 6.04 Å². The van der Waals surface area contributed by atoms with Crippen molar-refractivity contribution in [2.24, 2.45) is 5.73 Å². The van der Waals surface area contributed by atoms with Gasteiger partial charge in [-0.3, -0.25) is 4.90 Å². The van der Waals surface area contributed by atoms with Gasteiger partial charge in [-0.25, -0.2) is 0 Å². The molecule has 1 saturated heterocycles. The molecule has 1 heterocycles. The molecular weight excluding hydrogens is 272 g/mol. The quantitative estimate of drug-likeness (QED) is 0.758.